The fourth-order valence-corrected chi connectivity index (χ4v) is 3.81. The van der Waals surface area contributed by atoms with Gasteiger partial charge in [-0.1, -0.05) is 24.6 Å². The molecular formula is C21H23N3O4S. The third-order valence-electron chi connectivity index (χ3n) is 4.66. The van der Waals surface area contributed by atoms with E-state index < -0.39 is 5.91 Å². The van der Waals surface area contributed by atoms with E-state index in [0.717, 1.165) is 23.2 Å². The second-order valence-corrected chi connectivity index (χ2v) is 7.72. The molecule has 0 unspecified atom stereocenters. The van der Waals surface area contributed by atoms with Gasteiger partial charge in [-0.15, -0.1) is 11.3 Å². The minimum Gasteiger partial charge on any atom is -0.347 e. The van der Waals surface area contributed by atoms with Crippen LogP contribution in [0, 0.1) is 0 Å². The van der Waals surface area contributed by atoms with Crippen LogP contribution in [0.5, 0.6) is 0 Å². The summed E-state index contributed by atoms with van der Waals surface area (Å²) >= 11 is 1.55. The lowest BCUT2D eigenvalue weighted by atomic mass is 10.1. The normalized spacial score (nSPS) is 10.8. The Hall–Kier alpha value is -2.97. The van der Waals surface area contributed by atoms with E-state index in [1.165, 1.54) is 0 Å². The summed E-state index contributed by atoms with van der Waals surface area (Å²) in [5.74, 6) is -0.786. The van der Waals surface area contributed by atoms with Crippen LogP contribution in [0.15, 0.2) is 52.8 Å². The molecule has 3 N–H and O–H groups in total. The van der Waals surface area contributed by atoms with Crippen molar-refractivity contribution in [1.29, 1.82) is 0 Å². The number of nitrogens with one attached hydrogen (secondary N) is 2. The molecule has 0 saturated carbocycles. The summed E-state index contributed by atoms with van der Waals surface area (Å²) in [5, 5.41) is 13.8. The molecule has 8 heteroatoms. The molecule has 0 radical (unpaired) electrons. The van der Waals surface area contributed by atoms with Crippen LogP contribution >= 0.6 is 11.3 Å². The number of pyridine rings is 1. The van der Waals surface area contributed by atoms with Crippen molar-refractivity contribution in [2.75, 3.05) is 0 Å². The number of amides is 2. The molecule has 0 fully saturated rings. The van der Waals surface area contributed by atoms with Gasteiger partial charge in [0.1, 0.15) is 5.56 Å². The largest absolute Gasteiger partial charge is 0.347 e. The first-order chi connectivity index (χ1) is 14.1. The number of unbranched alkanes of at least 4 members (excludes halogenated alkanes) is 2. The number of aromatic nitrogens is 1. The molecule has 0 aliphatic carbocycles. The Balaban J connectivity index is 1.76. The molecule has 2 heterocycles. The third kappa shape index (κ3) is 5.30. The number of benzene rings is 1. The Labute approximate surface area is 171 Å². The van der Waals surface area contributed by atoms with Crippen molar-refractivity contribution in [2.45, 2.75) is 38.8 Å². The smallest absolute Gasteiger partial charge is 0.257 e. The average Bonchev–Trinajstić information content (AvgIpc) is 3.27. The second kappa shape index (κ2) is 9.99. The molecule has 7 nitrogen and oxygen atoms in total. The van der Waals surface area contributed by atoms with Crippen LogP contribution in [0.2, 0.25) is 0 Å². The van der Waals surface area contributed by atoms with E-state index in [1.54, 1.807) is 35.1 Å². The van der Waals surface area contributed by atoms with Crippen LogP contribution in [0.25, 0.3) is 10.9 Å². The molecule has 0 saturated heterocycles. The highest BCUT2D eigenvalue weighted by Gasteiger charge is 2.15. The van der Waals surface area contributed by atoms with E-state index in [9.17, 15) is 14.4 Å². The highest BCUT2D eigenvalue weighted by Crippen LogP contribution is 2.14. The zero-order valence-electron chi connectivity index (χ0n) is 15.9. The molecule has 0 bridgehead atoms. The SMILES string of the molecule is O=C(CCCCCn1cc(C(=O)NCc2cccs2)c(=O)c2ccccc21)NO. The van der Waals surface area contributed by atoms with Gasteiger partial charge < -0.3 is 9.88 Å². The number of hydrogen-bond acceptors (Lipinski definition) is 5. The van der Waals surface area contributed by atoms with Crippen molar-refractivity contribution < 1.29 is 14.8 Å². The number of carbonyl (C=O) groups excluding carboxylic acids is 2. The summed E-state index contributed by atoms with van der Waals surface area (Å²) in [7, 11) is 0. The Bertz CT molecular complexity index is 1040. The van der Waals surface area contributed by atoms with Gasteiger partial charge in [-0.25, -0.2) is 5.48 Å². The standard InChI is InChI=1S/C21H23N3O4S/c25-19(23-28)10-2-1-5-11-24-14-17(20(26)16-8-3-4-9-18(16)24)21(27)22-13-15-7-6-12-29-15/h3-4,6-9,12,14,28H,1-2,5,10-11,13H2,(H,22,27)(H,23,25). The van der Waals surface area contributed by atoms with Crippen molar-refractivity contribution in [3.05, 3.63) is 68.6 Å². The zero-order chi connectivity index (χ0) is 20.6. The van der Waals surface area contributed by atoms with Crippen molar-refractivity contribution in [1.82, 2.24) is 15.4 Å². The van der Waals surface area contributed by atoms with Crippen molar-refractivity contribution in [3.63, 3.8) is 0 Å². The maximum atomic E-state index is 12.8. The number of thiophene rings is 1. The van der Waals surface area contributed by atoms with Crippen LogP contribution in [0.4, 0.5) is 0 Å². The Morgan fingerprint density at radius 2 is 1.90 bits per heavy atom. The average molecular weight is 413 g/mol. The van der Waals surface area contributed by atoms with Gasteiger partial charge in [0.05, 0.1) is 12.1 Å². The molecule has 0 atom stereocenters. The highest BCUT2D eigenvalue weighted by atomic mass is 32.1. The quantitative estimate of drug-likeness (QED) is 0.285. The van der Waals surface area contributed by atoms with Crippen LogP contribution in [-0.2, 0) is 17.9 Å². The minimum atomic E-state index is -0.400. The Kier molecular flexibility index (Phi) is 7.15. The Morgan fingerprint density at radius 3 is 2.66 bits per heavy atom. The topological polar surface area (TPSA) is 100 Å². The molecule has 3 aromatic rings. The van der Waals surface area contributed by atoms with Gasteiger partial charge in [0, 0.05) is 29.4 Å². The van der Waals surface area contributed by atoms with E-state index >= 15 is 0 Å². The number of carbonyl (C=O) groups is 2. The highest BCUT2D eigenvalue weighted by molar-refractivity contribution is 7.09. The van der Waals surface area contributed by atoms with Gasteiger partial charge in [0.2, 0.25) is 11.3 Å². The van der Waals surface area contributed by atoms with Gasteiger partial charge in [0.15, 0.2) is 0 Å². The number of fused-ring (bicyclic) bond motifs is 1. The molecular weight excluding hydrogens is 390 g/mol. The van der Waals surface area contributed by atoms with E-state index in [0.29, 0.717) is 24.9 Å². The second-order valence-electron chi connectivity index (χ2n) is 6.69. The van der Waals surface area contributed by atoms with Gasteiger partial charge >= 0.3 is 0 Å². The molecule has 1 aromatic carbocycles. The van der Waals surface area contributed by atoms with E-state index in [2.05, 4.69) is 5.32 Å². The van der Waals surface area contributed by atoms with Crippen LogP contribution in [0.3, 0.4) is 0 Å². The minimum absolute atomic E-state index is 0.125. The zero-order valence-corrected chi connectivity index (χ0v) is 16.7. The number of hydroxylamine groups is 1. The Morgan fingerprint density at radius 1 is 1.07 bits per heavy atom. The fourth-order valence-electron chi connectivity index (χ4n) is 3.17. The lowest BCUT2D eigenvalue weighted by Crippen LogP contribution is -2.29. The van der Waals surface area contributed by atoms with Crippen LogP contribution < -0.4 is 16.2 Å². The van der Waals surface area contributed by atoms with E-state index in [1.807, 2.05) is 34.2 Å². The lowest BCUT2D eigenvalue weighted by molar-refractivity contribution is -0.129. The molecule has 0 aliphatic rings. The first-order valence-electron chi connectivity index (χ1n) is 9.46. The molecule has 29 heavy (non-hydrogen) atoms. The monoisotopic (exact) mass is 413 g/mol. The van der Waals surface area contributed by atoms with Gasteiger partial charge in [0.25, 0.3) is 5.91 Å². The first-order valence-corrected chi connectivity index (χ1v) is 10.3. The maximum absolute atomic E-state index is 12.8. The molecule has 3 rings (SSSR count). The van der Waals surface area contributed by atoms with Crippen molar-refractivity contribution in [3.8, 4) is 0 Å². The molecule has 0 spiro atoms. The van der Waals surface area contributed by atoms with Gasteiger partial charge in [-0.2, -0.15) is 0 Å². The summed E-state index contributed by atoms with van der Waals surface area (Å²) in [5.41, 5.74) is 2.25. The summed E-state index contributed by atoms with van der Waals surface area (Å²) in [6, 6.07) is 11.1. The maximum Gasteiger partial charge on any atom is 0.257 e. The number of para-hydroxylation sites is 1. The number of aryl methyl sites for hydroxylation is 1. The molecule has 2 amide bonds. The predicted molar refractivity (Wildman–Crippen MR) is 112 cm³/mol. The number of nitrogens with zero attached hydrogens (tertiary/aromatic N) is 1. The van der Waals surface area contributed by atoms with Crippen molar-refractivity contribution >= 4 is 34.1 Å². The summed E-state index contributed by atoms with van der Waals surface area (Å²) in [4.78, 5) is 37.6. The van der Waals surface area contributed by atoms with Crippen LogP contribution in [0.1, 0.15) is 40.9 Å². The van der Waals surface area contributed by atoms with Gasteiger partial charge in [-0.3, -0.25) is 19.6 Å². The first kappa shape index (κ1) is 20.8. The van der Waals surface area contributed by atoms with Crippen molar-refractivity contribution in [2.24, 2.45) is 0 Å². The van der Waals surface area contributed by atoms with Crippen LogP contribution in [-0.4, -0.2) is 21.6 Å². The molecule has 152 valence electrons. The molecule has 0 aliphatic heterocycles. The van der Waals surface area contributed by atoms with Gasteiger partial charge in [-0.05, 0) is 36.4 Å². The predicted octanol–water partition coefficient (Wildman–Crippen LogP) is 3.06. The molecule has 2 aromatic heterocycles. The number of rotatable bonds is 9. The lowest BCUT2D eigenvalue weighted by Gasteiger charge is -2.13. The van der Waals surface area contributed by atoms with E-state index in [4.69, 9.17) is 5.21 Å². The number of hydrogen-bond donors (Lipinski definition) is 3. The fraction of sp³-hybridized carbons (Fsp3) is 0.286. The summed E-state index contributed by atoms with van der Waals surface area (Å²) in [6.07, 6.45) is 4.10. The summed E-state index contributed by atoms with van der Waals surface area (Å²) in [6.45, 7) is 1.00. The van der Waals surface area contributed by atoms with E-state index in [-0.39, 0.29) is 23.3 Å². The summed E-state index contributed by atoms with van der Waals surface area (Å²) < 4.78 is 1.92. The third-order valence-corrected chi connectivity index (χ3v) is 5.54.